The summed E-state index contributed by atoms with van der Waals surface area (Å²) in [4.78, 5) is 12.0. The van der Waals surface area contributed by atoms with Gasteiger partial charge in [-0.05, 0) is 38.5 Å². The topological polar surface area (TPSA) is 45.7 Å². The first-order valence-electron chi connectivity index (χ1n) is 6.05. The number of nitrogens with two attached hydrogens (primary N) is 1. The van der Waals surface area contributed by atoms with Crippen LogP contribution in [0.25, 0.3) is 0 Å². The largest absolute Gasteiger partial charge is 0.334 e. The molecule has 2 atom stereocenters. The maximum absolute atomic E-state index is 12.0. The molecular formula is C13H19Cl2N2O+. The molecule has 1 amide bonds. The molecule has 0 unspecified atom stereocenters. The zero-order valence-corrected chi connectivity index (χ0v) is 12.3. The minimum absolute atomic E-state index is 0.0699. The molecule has 0 aliphatic rings. The quantitative estimate of drug-likeness (QED) is 0.860. The number of benzene rings is 1. The monoisotopic (exact) mass is 289 g/mol. The van der Waals surface area contributed by atoms with Crippen molar-refractivity contribution in [3.8, 4) is 0 Å². The highest BCUT2D eigenvalue weighted by Crippen LogP contribution is 2.25. The van der Waals surface area contributed by atoms with Crippen molar-refractivity contribution >= 4 is 34.8 Å². The van der Waals surface area contributed by atoms with E-state index in [1.165, 1.54) is 0 Å². The molecule has 3 nitrogen and oxygen atoms in total. The van der Waals surface area contributed by atoms with E-state index in [0.717, 1.165) is 6.42 Å². The number of amides is 1. The fourth-order valence-corrected chi connectivity index (χ4v) is 1.89. The van der Waals surface area contributed by atoms with Gasteiger partial charge >= 0.3 is 0 Å². The predicted molar refractivity (Wildman–Crippen MR) is 76.2 cm³/mol. The van der Waals surface area contributed by atoms with Crippen LogP contribution >= 0.6 is 23.2 Å². The van der Waals surface area contributed by atoms with Gasteiger partial charge in [0.05, 0.1) is 16.8 Å². The highest BCUT2D eigenvalue weighted by atomic mass is 35.5. The summed E-state index contributed by atoms with van der Waals surface area (Å²) in [5.41, 5.74) is 0.554. The number of halogens is 2. The summed E-state index contributed by atoms with van der Waals surface area (Å²) < 4.78 is 0. The van der Waals surface area contributed by atoms with Crippen molar-refractivity contribution in [2.45, 2.75) is 39.3 Å². The standard InChI is InChI=1S/C13H18Cl2N2O/c1-4-8(2)16-9(3)13(18)17-12-7-10(14)5-6-11(12)15/h5-9,16H,4H2,1-3H3,(H,17,18)/p+1/t8-,9+/m0/s1. The SMILES string of the molecule is CC[C@H](C)[NH2+][C@H](C)C(=O)Nc1cc(Cl)ccc1Cl. The average Bonchev–Trinajstić information content (AvgIpc) is 2.33. The van der Waals surface area contributed by atoms with E-state index in [2.05, 4.69) is 19.2 Å². The minimum Gasteiger partial charge on any atom is -0.334 e. The summed E-state index contributed by atoms with van der Waals surface area (Å²) in [5, 5.41) is 5.87. The Balaban J connectivity index is 2.66. The number of nitrogens with one attached hydrogen (secondary N) is 1. The fourth-order valence-electron chi connectivity index (χ4n) is 1.56. The Labute approximate surface area is 118 Å². The summed E-state index contributed by atoms with van der Waals surface area (Å²) in [7, 11) is 0. The molecule has 3 N–H and O–H groups in total. The van der Waals surface area contributed by atoms with Gasteiger partial charge in [0.25, 0.3) is 5.91 Å². The van der Waals surface area contributed by atoms with Crippen molar-refractivity contribution in [1.82, 2.24) is 0 Å². The van der Waals surface area contributed by atoms with E-state index in [0.29, 0.717) is 21.8 Å². The van der Waals surface area contributed by atoms with E-state index in [1.807, 2.05) is 12.2 Å². The summed E-state index contributed by atoms with van der Waals surface area (Å²) in [6.45, 7) is 6.07. The lowest BCUT2D eigenvalue weighted by molar-refractivity contribution is -0.703. The third-order valence-corrected chi connectivity index (χ3v) is 3.43. The molecule has 0 heterocycles. The lowest BCUT2D eigenvalue weighted by Crippen LogP contribution is -2.95. The van der Waals surface area contributed by atoms with E-state index < -0.39 is 0 Å². The van der Waals surface area contributed by atoms with E-state index in [9.17, 15) is 4.79 Å². The smallest absolute Gasteiger partial charge is 0.282 e. The Kier molecular flexibility index (Phi) is 5.93. The molecule has 0 saturated heterocycles. The maximum Gasteiger partial charge on any atom is 0.282 e. The Morgan fingerprint density at radius 2 is 2.06 bits per heavy atom. The van der Waals surface area contributed by atoms with Gasteiger partial charge in [0, 0.05) is 5.02 Å². The van der Waals surface area contributed by atoms with Crippen molar-refractivity contribution in [1.29, 1.82) is 0 Å². The Morgan fingerprint density at radius 1 is 1.39 bits per heavy atom. The molecule has 18 heavy (non-hydrogen) atoms. The number of hydrogen-bond acceptors (Lipinski definition) is 1. The lowest BCUT2D eigenvalue weighted by Gasteiger charge is -2.15. The molecule has 100 valence electrons. The second-order valence-corrected chi connectivity index (χ2v) is 5.32. The molecule has 1 aromatic carbocycles. The molecule has 0 aliphatic carbocycles. The van der Waals surface area contributed by atoms with Gasteiger partial charge in [-0.3, -0.25) is 4.79 Å². The van der Waals surface area contributed by atoms with Crippen LogP contribution in [0.2, 0.25) is 10.0 Å². The second kappa shape index (κ2) is 6.98. The Bertz CT molecular complexity index is 423. The predicted octanol–water partition coefficient (Wildman–Crippen LogP) is 2.68. The molecule has 0 bridgehead atoms. The zero-order valence-electron chi connectivity index (χ0n) is 10.8. The number of carbonyl (C=O) groups excluding carboxylic acids is 1. The summed E-state index contributed by atoms with van der Waals surface area (Å²) >= 11 is 11.9. The molecular weight excluding hydrogens is 271 g/mol. The average molecular weight is 290 g/mol. The third kappa shape index (κ3) is 4.48. The lowest BCUT2D eigenvalue weighted by atomic mass is 10.2. The number of carbonyl (C=O) groups is 1. The van der Waals surface area contributed by atoms with Gasteiger partial charge in [0.1, 0.15) is 0 Å². The number of rotatable bonds is 5. The number of quaternary nitrogens is 1. The molecule has 0 spiro atoms. The van der Waals surface area contributed by atoms with E-state index in [1.54, 1.807) is 18.2 Å². The van der Waals surface area contributed by atoms with E-state index >= 15 is 0 Å². The van der Waals surface area contributed by atoms with Crippen LogP contribution in [0, 0.1) is 0 Å². The molecule has 0 radical (unpaired) electrons. The maximum atomic E-state index is 12.0. The van der Waals surface area contributed by atoms with Crippen molar-refractivity contribution in [3.63, 3.8) is 0 Å². The molecule has 0 aliphatic heterocycles. The number of anilines is 1. The van der Waals surface area contributed by atoms with Gasteiger partial charge in [-0.15, -0.1) is 0 Å². The van der Waals surface area contributed by atoms with E-state index in [4.69, 9.17) is 23.2 Å². The van der Waals surface area contributed by atoms with Crippen LogP contribution in [0.15, 0.2) is 18.2 Å². The highest BCUT2D eigenvalue weighted by Gasteiger charge is 2.19. The van der Waals surface area contributed by atoms with Gasteiger partial charge in [0.15, 0.2) is 6.04 Å². The normalized spacial score (nSPS) is 14.1. The summed E-state index contributed by atoms with van der Waals surface area (Å²) in [6, 6.07) is 5.27. The van der Waals surface area contributed by atoms with Crippen molar-refractivity contribution in [2.24, 2.45) is 0 Å². The Morgan fingerprint density at radius 3 is 2.67 bits per heavy atom. The van der Waals surface area contributed by atoms with Gasteiger partial charge in [-0.25, -0.2) is 0 Å². The van der Waals surface area contributed by atoms with Crippen LogP contribution in [-0.2, 0) is 4.79 Å². The first-order chi connectivity index (χ1) is 8.43. The minimum atomic E-state index is -0.157. The Hall–Kier alpha value is -0.770. The van der Waals surface area contributed by atoms with E-state index in [-0.39, 0.29) is 11.9 Å². The molecule has 0 aromatic heterocycles. The van der Waals surface area contributed by atoms with Gasteiger partial charge in [-0.2, -0.15) is 0 Å². The molecule has 0 saturated carbocycles. The van der Waals surface area contributed by atoms with Crippen LogP contribution in [-0.4, -0.2) is 18.0 Å². The number of hydrogen-bond donors (Lipinski definition) is 2. The second-order valence-electron chi connectivity index (χ2n) is 4.48. The van der Waals surface area contributed by atoms with Crippen LogP contribution < -0.4 is 10.6 Å². The van der Waals surface area contributed by atoms with Gasteiger partial charge < -0.3 is 10.6 Å². The zero-order chi connectivity index (χ0) is 13.7. The summed E-state index contributed by atoms with van der Waals surface area (Å²) in [6.07, 6.45) is 1.02. The van der Waals surface area contributed by atoms with Crippen molar-refractivity contribution < 1.29 is 10.1 Å². The van der Waals surface area contributed by atoms with Gasteiger partial charge in [-0.1, -0.05) is 30.1 Å². The van der Waals surface area contributed by atoms with Crippen LogP contribution in [0.1, 0.15) is 27.2 Å². The first kappa shape index (κ1) is 15.3. The fraction of sp³-hybridized carbons (Fsp3) is 0.462. The highest BCUT2D eigenvalue weighted by molar-refractivity contribution is 6.35. The molecule has 1 rings (SSSR count). The summed E-state index contributed by atoms with van der Waals surface area (Å²) in [5.74, 6) is -0.0699. The molecule has 1 aromatic rings. The van der Waals surface area contributed by atoms with Crippen LogP contribution in [0.3, 0.4) is 0 Å². The van der Waals surface area contributed by atoms with Crippen LogP contribution in [0.4, 0.5) is 5.69 Å². The van der Waals surface area contributed by atoms with Crippen molar-refractivity contribution in [3.05, 3.63) is 28.2 Å². The van der Waals surface area contributed by atoms with Crippen LogP contribution in [0.5, 0.6) is 0 Å². The molecule has 0 fully saturated rings. The van der Waals surface area contributed by atoms with Gasteiger partial charge in [0.2, 0.25) is 0 Å². The van der Waals surface area contributed by atoms with Crippen molar-refractivity contribution in [2.75, 3.05) is 5.32 Å². The first-order valence-corrected chi connectivity index (χ1v) is 6.80. The third-order valence-electron chi connectivity index (χ3n) is 2.86. The molecule has 5 heteroatoms.